The SMILES string of the molecule is NC(=O)C1CCN(C(=O)CN2CCCC2c2ccc3c(c2)OCCO3)CC1. The van der Waals surface area contributed by atoms with E-state index in [9.17, 15) is 9.59 Å². The molecule has 0 saturated carbocycles. The number of piperidine rings is 1. The Morgan fingerprint density at radius 1 is 1.04 bits per heavy atom. The molecule has 3 heterocycles. The normalized spacial score (nSPS) is 23.4. The minimum absolute atomic E-state index is 0.0914. The maximum atomic E-state index is 12.8. The van der Waals surface area contributed by atoms with Crippen LogP contribution in [0.25, 0.3) is 0 Å². The number of rotatable bonds is 4. The maximum absolute atomic E-state index is 12.8. The van der Waals surface area contributed by atoms with E-state index >= 15 is 0 Å². The summed E-state index contributed by atoms with van der Waals surface area (Å²) in [6.07, 6.45) is 3.46. The van der Waals surface area contributed by atoms with Gasteiger partial charge in [0.05, 0.1) is 6.54 Å². The molecule has 2 saturated heterocycles. The first-order chi connectivity index (χ1) is 13.1. The number of benzene rings is 1. The summed E-state index contributed by atoms with van der Waals surface area (Å²) >= 11 is 0. The van der Waals surface area contributed by atoms with E-state index in [-0.39, 0.29) is 23.8 Å². The van der Waals surface area contributed by atoms with E-state index in [0.717, 1.165) is 30.9 Å². The smallest absolute Gasteiger partial charge is 0.236 e. The molecule has 2 amide bonds. The Morgan fingerprint density at radius 3 is 2.52 bits per heavy atom. The molecular weight excluding hydrogens is 346 g/mol. The first-order valence-corrected chi connectivity index (χ1v) is 9.82. The fourth-order valence-electron chi connectivity index (χ4n) is 4.35. The molecule has 7 nitrogen and oxygen atoms in total. The second kappa shape index (κ2) is 7.76. The molecule has 1 aromatic rings. The van der Waals surface area contributed by atoms with Gasteiger partial charge in [-0.15, -0.1) is 0 Å². The maximum Gasteiger partial charge on any atom is 0.236 e. The van der Waals surface area contributed by atoms with Gasteiger partial charge in [-0.1, -0.05) is 6.07 Å². The van der Waals surface area contributed by atoms with Crippen LogP contribution in [-0.2, 0) is 9.59 Å². The summed E-state index contributed by atoms with van der Waals surface area (Å²) in [5, 5.41) is 0. The van der Waals surface area contributed by atoms with Crippen molar-refractivity contribution in [3.63, 3.8) is 0 Å². The molecule has 1 unspecified atom stereocenters. The fraction of sp³-hybridized carbons (Fsp3) is 0.600. The summed E-state index contributed by atoms with van der Waals surface area (Å²) in [5.41, 5.74) is 6.56. The van der Waals surface area contributed by atoms with Gasteiger partial charge in [-0.2, -0.15) is 0 Å². The average Bonchev–Trinajstić information content (AvgIpc) is 3.15. The lowest BCUT2D eigenvalue weighted by Crippen LogP contribution is -2.45. The lowest BCUT2D eigenvalue weighted by molar-refractivity contribution is -0.136. The molecule has 7 heteroatoms. The average molecular weight is 373 g/mol. The monoisotopic (exact) mass is 373 g/mol. The van der Waals surface area contributed by atoms with Crippen molar-refractivity contribution in [2.75, 3.05) is 39.4 Å². The van der Waals surface area contributed by atoms with Crippen LogP contribution >= 0.6 is 0 Å². The van der Waals surface area contributed by atoms with Crippen LogP contribution in [-0.4, -0.2) is 61.0 Å². The molecule has 146 valence electrons. The summed E-state index contributed by atoms with van der Waals surface area (Å²) in [5.74, 6) is 1.39. The Kier molecular flexibility index (Phi) is 5.20. The fourth-order valence-corrected chi connectivity index (χ4v) is 4.35. The van der Waals surface area contributed by atoms with Gasteiger partial charge in [-0.3, -0.25) is 14.5 Å². The Morgan fingerprint density at radius 2 is 1.78 bits per heavy atom. The highest BCUT2D eigenvalue weighted by Crippen LogP contribution is 2.38. The molecule has 0 spiro atoms. The molecule has 0 aliphatic carbocycles. The second-order valence-corrected chi connectivity index (χ2v) is 7.59. The summed E-state index contributed by atoms with van der Waals surface area (Å²) in [4.78, 5) is 28.2. The first-order valence-electron chi connectivity index (χ1n) is 9.82. The minimum atomic E-state index is -0.250. The number of ether oxygens (including phenoxy) is 2. The third kappa shape index (κ3) is 3.88. The van der Waals surface area contributed by atoms with Crippen LogP contribution in [0, 0.1) is 5.92 Å². The van der Waals surface area contributed by atoms with E-state index in [0.29, 0.717) is 45.7 Å². The van der Waals surface area contributed by atoms with Crippen LogP contribution in [0.2, 0.25) is 0 Å². The van der Waals surface area contributed by atoms with Crippen molar-refractivity contribution >= 4 is 11.8 Å². The van der Waals surface area contributed by atoms with E-state index in [1.165, 1.54) is 5.56 Å². The molecule has 0 radical (unpaired) electrons. The largest absolute Gasteiger partial charge is 0.486 e. The van der Waals surface area contributed by atoms with E-state index in [1.54, 1.807) is 0 Å². The molecule has 1 atom stereocenters. The molecule has 27 heavy (non-hydrogen) atoms. The molecule has 1 aromatic carbocycles. The number of carbonyl (C=O) groups is 2. The van der Waals surface area contributed by atoms with Gasteiger partial charge in [0, 0.05) is 25.0 Å². The number of nitrogens with two attached hydrogens (primary N) is 1. The van der Waals surface area contributed by atoms with Crippen molar-refractivity contribution in [3.8, 4) is 11.5 Å². The highest BCUT2D eigenvalue weighted by atomic mass is 16.6. The van der Waals surface area contributed by atoms with Crippen molar-refractivity contribution in [1.29, 1.82) is 0 Å². The second-order valence-electron chi connectivity index (χ2n) is 7.59. The number of hydrogen-bond donors (Lipinski definition) is 1. The Bertz CT molecular complexity index is 715. The lowest BCUT2D eigenvalue weighted by Gasteiger charge is -2.33. The van der Waals surface area contributed by atoms with Crippen molar-refractivity contribution < 1.29 is 19.1 Å². The standard InChI is InChI=1S/C20H27N3O4/c21-20(25)14-5-8-22(9-6-14)19(24)13-23-7-1-2-16(23)15-3-4-17-18(12-15)27-11-10-26-17/h3-4,12,14,16H,1-2,5-11,13H2,(H2,21,25). The number of likely N-dealkylation sites (tertiary alicyclic amines) is 2. The van der Waals surface area contributed by atoms with Crippen LogP contribution in [0.15, 0.2) is 18.2 Å². The molecular formula is C20H27N3O4. The molecule has 2 fully saturated rings. The number of primary amides is 1. The number of amides is 2. The van der Waals surface area contributed by atoms with Crippen LogP contribution in [0.5, 0.6) is 11.5 Å². The molecule has 4 rings (SSSR count). The summed E-state index contributed by atoms with van der Waals surface area (Å²) in [7, 11) is 0. The van der Waals surface area contributed by atoms with Gasteiger partial charge in [0.25, 0.3) is 0 Å². The van der Waals surface area contributed by atoms with E-state index in [1.807, 2.05) is 11.0 Å². The quantitative estimate of drug-likeness (QED) is 0.860. The molecule has 3 aliphatic rings. The van der Waals surface area contributed by atoms with Crippen molar-refractivity contribution in [1.82, 2.24) is 9.80 Å². The van der Waals surface area contributed by atoms with Gasteiger partial charge in [-0.05, 0) is 49.9 Å². The molecule has 0 bridgehead atoms. The van der Waals surface area contributed by atoms with Crippen molar-refractivity contribution in [2.45, 2.75) is 31.7 Å². The van der Waals surface area contributed by atoms with Crippen molar-refractivity contribution in [3.05, 3.63) is 23.8 Å². The summed E-state index contributed by atoms with van der Waals surface area (Å²) < 4.78 is 11.3. The van der Waals surface area contributed by atoms with E-state index in [2.05, 4.69) is 17.0 Å². The van der Waals surface area contributed by atoms with Gasteiger partial charge >= 0.3 is 0 Å². The minimum Gasteiger partial charge on any atom is -0.486 e. The highest BCUT2D eigenvalue weighted by molar-refractivity contribution is 5.80. The third-order valence-electron chi connectivity index (χ3n) is 5.90. The predicted octanol–water partition coefficient (Wildman–Crippen LogP) is 1.32. The lowest BCUT2D eigenvalue weighted by atomic mass is 9.96. The van der Waals surface area contributed by atoms with Gasteiger partial charge in [0.1, 0.15) is 13.2 Å². The van der Waals surface area contributed by atoms with Gasteiger partial charge in [0.15, 0.2) is 11.5 Å². The Balaban J connectivity index is 1.39. The number of fused-ring (bicyclic) bond motifs is 1. The topological polar surface area (TPSA) is 85.1 Å². The van der Waals surface area contributed by atoms with Crippen LogP contribution in [0.1, 0.15) is 37.3 Å². The third-order valence-corrected chi connectivity index (χ3v) is 5.90. The molecule has 3 aliphatic heterocycles. The number of carbonyl (C=O) groups excluding carboxylic acids is 2. The Hall–Kier alpha value is -2.28. The number of nitrogens with zero attached hydrogens (tertiary/aromatic N) is 2. The van der Waals surface area contributed by atoms with E-state index < -0.39 is 0 Å². The van der Waals surface area contributed by atoms with Crippen molar-refractivity contribution in [2.24, 2.45) is 11.7 Å². The van der Waals surface area contributed by atoms with Crippen LogP contribution in [0.4, 0.5) is 0 Å². The first kappa shape index (κ1) is 18.1. The Labute approximate surface area is 159 Å². The van der Waals surface area contributed by atoms with Crippen LogP contribution < -0.4 is 15.2 Å². The zero-order valence-electron chi connectivity index (χ0n) is 15.6. The van der Waals surface area contributed by atoms with Gasteiger partial charge < -0.3 is 20.1 Å². The van der Waals surface area contributed by atoms with E-state index in [4.69, 9.17) is 15.2 Å². The molecule has 0 aromatic heterocycles. The number of hydrogen-bond acceptors (Lipinski definition) is 5. The van der Waals surface area contributed by atoms with Gasteiger partial charge in [0.2, 0.25) is 11.8 Å². The zero-order valence-corrected chi connectivity index (χ0v) is 15.6. The van der Waals surface area contributed by atoms with Crippen LogP contribution in [0.3, 0.4) is 0 Å². The van der Waals surface area contributed by atoms with Gasteiger partial charge in [-0.25, -0.2) is 0 Å². The molecule has 2 N–H and O–H groups in total. The predicted molar refractivity (Wildman–Crippen MR) is 99.5 cm³/mol. The summed E-state index contributed by atoms with van der Waals surface area (Å²) in [6.45, 7) is 3.74. The zero-order chi connectivity index (χ0) is 18.8. The highest BCUT2D eigenvalue weighted by Gasteiger charge is 2.31. The summed E-state index contributed by atoms with van der Waals surface area (Å²) in [6, 6.07) is 6.34.